The van der Waals surface area contributed by atoms with Gasteiger partial charge < -0.3 is 20.9 Å². The van der Waals surface area contributed by atoms with Gasteiger partial charge in [-0.1, -0.05) is 19.9 Å². The standard InChI is InChI=1S/C23H33F3N4O2/c1-14(2)20(27)22(32)30-9-7-15(8-10-30)19-11-16(13-29(19)3)21(31)28-18-6-4-5-17(12-18)23(24,25)26/h4-6,12,14-16,19-20H,7-11,13,27H2,1-3H3,(H,28,31)/t16-,19+,20+/m1/s1. The lowest BCUT2D eigenvalue weighted by Gasteiger charge is -2.38. The summed E-state index contributed by atoms with van der Waals surface area (Å²) in [4.78, 5) is 29.3. The molecule has 2 heterocycles. The van der Waals surface area contributed by atoms with E-state index in [1.807, 2.05) is 25.8 Å². The van der Waals surface area contributed by atoms with E-state index < -0.39 is 17.8 Å². The van der Waals surface area contributed by atoms with Crippen molar-refractivity contribution in [2.24, 2.45) is 23.5 Å². The van der Waals surface area contributed by atoms with Crippen LogP contribution in [-0.2, 0) is 15.8 Å². The fourth-order valence-electron chi connectivity index (χ4n) is 4.79. The molecule has 2 aliphatic heterocycles. The first-order valence-corrected chi connectivity index (χ1v) is 11.2. The van der Waals surface area contributed by atoms with E-state index in [2.05, 4.69) is 10.2 Å². The fourth-order valence-corrected chi connectivity index (χ4v) is 4.79. The van der Waals surface area contributed by atoms with Gasteiger partial charge in [-0.15, -0.1) is 0 Å². The van der Waals surface area contributed by atoms with E-state index >= 15 is 0 Å². The minimum Gasteiger partial charge on any atom is -0.341 e. The van der Waals surface area contributed by atoms with Crippen LogP contribution in [0.25, 0.3) is 0 Å². The number of benzene rings is 1. The second kappa shape index (κ2) is 9.79. The molecule has 0 aliphatic carbocycles. The van der Waals surface area contributed by atoms with Crippen LogP contribution in [0.3, 0.4) is 0 Å². The molecule has 0 aromatic heterocycles. The lowest BCUT2D eigenvalue weighted by molar-refractivity contribution is -0.137. The molecule has 3 atom stereocenters. The van der Waals surface area contributed by atoms with Crippen LogP contribution in [0.2, 0.25) is 0 Å². The number of alkyl halides is 3. The van der Waals surface area contributed by atoms with Crippen molar-refractivity contribution in [3.63, 3.8) is 0 Å². The molecule has 32 heavy (non-hydrogen) atoms. The Balaban J connectivity index is 1.55. The number of nitrogens with one attached hydrogen (secondary N) is 1. The van der Waals surface area contributed by atoms with Gasteiger partial charge in [0.1, 0.15) is 0 Å². The van der Waals surface area contributed by atoms with Crippen LogP contribution in [0.1, 0.15) is 38.7 Å². The number of nitrogens with two attached hydrogens (primary N) is 1. The predicted octanol–water partition coefficient (Wildman–Crippen LogP) is 3.19. The highest BCUT2D eigenvalue weighted by molar-refractivity contribution is 5.93. The summed E-state index contributed by atoms with van der Waals surface area (Å²) < 4.78 is 38.8. The number of halogens is 3. The number of likely N-dealkylation sites (tertiary alicyclic amines) is 2. The summed E-state index contributed by atoms with van der Waals surface area (Å²) in [6.07, 6.45) is -2.08. The van der Waals surface area contributed by atoms with Gasteiger partial charge in [0.05, 0.1) is 17.5 Å². The van der Waals surface area contributed by atoms with Gasteiger partial charge in [0.2, 0.25) is 11.8 Å². The molecular formula is C23H33F3N4O2. The van der Waals surface area contributed by atoms with Gasteiger partial charge in [-0.3, -0.25) is 9.59 Å². The smallest absolute Gasteiger partial charge is 0.341 e. The summed E-state index contributed by atoms with van der Waals surface area (Å²) >= 11 is 0. The zero-order chi connectivity index (χ0) is 23.6. The van der Waals surface area contributed by atoms with E-state index in [1.165, 1.54) is 12.1 Å². The number of hydrogen-bond acceptors (Lipinski definition) is 4. The molecule has 2 aliphatic rings. The molecule has 1 aromatic carbocycles. The van der Waals surface area contributed by atoms with Crippen molar-refractivity contribution in [1.29, 1.82) is 0 Å². The van der Waals surface area contributed by atoms with Gasteiger partial charge >= 0.3 is 6.18 Å². The maximum atomic E-state index is 12.9. The van der Waals surface area contributed by atoms with Crippen LogP contribution in [0, 0.1) is 17.8 Å². The highest BCUT2D eigenvalue weighted by Gasteiger charge is 2.40. The van der Waals surface area contributed by atoms with Crippen molar-refractivity contribution in [3.8, 4) is 0 Å². The van der Waals surface area contributed by atoms with E-state index in [0.29, 0.717) is 32.0 Å². The number of amides is 2. The van der Waals surface area contributed by atoms with E-state index in [-0.39, 0.29) is 35.4 Å². The number of hydrogen-bond donors (Lipinski definition) is 2. The van der Waals surface area contributed by atoms with Gasteiger partial charge in [-0.05, 0) is 56.3 Å². The van der Waals surface area contributed by atoms with Crippen LogP contribution < -0.4 is 11.1 Å². The van der Waals surface area contributed by atoms with Gasteiger partial charge in [-0.25, -0.2) is 0 Å². The minimum atomic E-state index is -4.45. The summed E-state index contributed by atoms with van der Waals surface area (Å²) in [5.74, 6) is -0.0812. The summed E-state index contributed by atoms with van der Waals surface area (Å²) in [7, 11) is 1.98. The lowest BCUT2D eigenvalue weighted by atomic mass is 9.86. The minimum absolute atomic E-state index is 0.00318. The molecular weight excluding hydrogens is 421 g/mol. The Hall–Kier alpha value is -2.13. The molecule has 9 heteroatoms. The van der Waals surface area contributed by atoms with Crippen molar-refractivity contribution in [2.45, 2.75) is 51.4 Å². The molecule has 2 fully saturated rings. The SMILES string of the molecule is CC(C)[C@H](N)C(=O)N1CCC([C@@H]2C[C@@H](C(=O)Nc3cccc(C(F)(F)F)c3)CN2C)CC1. The fraction of sp³-hybridized carbons (Fsp3) is 0.652. The monoisotopic (exact) mass is 454 g/mol. The van der Waals surface area contributed by atoms with Crippen molar-refractivity contribution in [1.82, 2.24) is 9.80 Å². The number of anilines is 1. The largest absolute Gasteiger partial charge is 0.416 e. The molecule has 3 N–H and O–H groups in total. The number of rotatable bonds is 5. The van der Waals surface area contributed by atoms with Gasteiger partial charge in [-0.2, -0.15) is 13.2 Å². The van der Waals surface area contributed by atoms with Crippen LogP contribution >= 0.6 is 0 Å². The second-order valence-corrected chi connectivity index (χ2v) is 9.44. The summed E-state index contributed by atoms with van der Waals surface area (Å²) in [5.41, 5.74) is 5.39. The zero-order valence-corrected chi connectivity index (χ0v) is 18.9. The van der Waals surface area contributed by atoms with Crippen LogP contribution in [0.4, 0.5) is 18.9 Å². The zero-order valence-electron chi connectivity index (χ0n) is 18.9. The molecule has 3 rings (SSSR count). The molecule has 1 aromatic rings. The first kappa shape index (κ1) is 24.5. The average molecular weight is 455 g/mol. The molecule has 2 amide bonds. The summed E-state index contributed by atoms with van der Waals surface area (Å²) in [5, 5.41) is 2.65. The Labute approximate surface area is 187 Å². The lowest BCUT2D eigenvalue weighted by Crippen LogP contribution is -2.50. The second-order valence-electron chi connectivity index (χ2n) is 9.44. The average Bonchev–Trinajstić information content (AvgIpc) is 3.14. The van der Waals surface area contributed by atoms with Crippen molar-refractivity contribution in [2.75, 3.05) is 32.0 Å². The third kappa shape index (κ3) is 5.61. The summed E-state index contributed by atoms with van der Waals surface area (Å²) in [6.45, 7) is 5.76. The van der Waals surface area contributed by atoms with Crippen LogP contribution in [-0.4, -0.2) is 60.4 Å². The van der Waals surface area contributed by atoms with Crippen molar-refractivity contribution in [3.05, 3.63) is 29.8 Å². The van der Waals surface area contributed by atoms with Crippen molar-refractivity contribution < 1.29 is 22.8 Å². The van der Waals surface area contributed by atoms with E-state index in [0.717, 1.165) is 25.0 Å². The highest BCUT2D eigenvalue weighted by atomic mass is 19.4. The highest BCUT2D eigenvalue weighted by Crippen LogP contribution is 2.34. The van der Waals surface area contributed by atoms with Gasteiger partial charge in [0.15, 0.2) is 0 Å². The first-order chi connectivity index (χ1) is 15.0. The maximum Gasteiger partial charge on any atom is 0.416 e. The first-order valence-electron chi connectivity index (χ1n) is 11.2. The van der Waals surface area contributed by atoms with Crippen molar-refractivity contribution >= 4 is 17.5 Å². The number of carbonyl (C=O) groups is 2. The number of nitrogens with zero attached hydrogens (tertiary/aromatic N) is 2. The normalized spacial score (nSPS) is 24.1. The Morgan fingerprint density at radius 3 is 2.44 bits per heavy atom. The van der Waals surface area contributed by atoms with Crippen LogP contribution in [0.15, 0.2) is 24.3 Å². The molecule has 178 valence electrons. The molecule has 0 radical (unpaired) electrons. The van der Waals surface area contributed by atoms with Gasteiger partial charge in [0.25, 0.3) is 0 Å². The number of piperidine rings is 1. The Bertz CT molecular complexity index is 822. The molecule has 0 spiro atoms. The number of carbonyl (C=O) groups excluding carboxylic acids is 2. The molecule has 0 bridgehead atoms. The Morgan fingerprint density at radius 1 is 1.19 bits per heavy atom. The topological polar surface area (TPSA) is 78.7 Å². The molecule has 6 nitrogen and oxygen atoms in total. The predicted molar refractivity (Wildman–Crippen MR) is 117 cm³/mol. The van der Waals surface area contributed by atoms with E-state index in [9.17, 15) is 22.8 Å². The quantitative estimate of drug-likeness (QED) is 0.716. The van der Waals surface area contributed by atoms with E-state index in [1.54, 1.807) is 0 Å². The van der Waals surface area contributed by atoms with Crippen LogP contribution in [0.5, 0.6) is 0 Å². The Kier molecular flexibility index (Phi) is 7.50. The third-order valence-electron chi connectivity index (χ3n) is 6.83. The summed E-state index contributed by atoms with van der Waals surface area (Å²) in [6, 6.07) is 4.44. The van der Waals surface area contributed by atoms with E-state index in [4.69, 9.17) is 5.73 Å². The molecule has 0 unspecified atom stereocenters. The third-order valence-corrected chi connectivity index (χ3v) is 6.83. The Morgan fingerprint density at radius 2 is 1.84 bits per heavy atom. The molecule has 0 saturated carbocycles. The van der Waals surface area contributed by atoms with Gasteiger partial charge in [0, 0.05) is 31.4 Å². The maximum absolute atomic E-state index is 12.9. The molecule has 2 saturated heterocycles.